The fourth-order valence-corrected chi connectivity index (χ4v) is 3.19. The zero-order valence-corrected chi connectivity index (χ0v) is 13.3. The smallest absolute Gasteiger partial charge is 0.242 e. The number of benzene rings is 1. The Kier molecular flexibility index (Phi) is 5.91. The van der Waals surface area contributed by atoms with Crippen LogP contribution >= 0.6 is 0 Å². The van der Waals surface area contributed by atoms with Crippen molar-refractivity contribution < 1.29 is 13.2 Å². The highest BCUT2D eigenvalue weighted by molar-refractivity contribution is 7.92. The van der Waals surface area contributed by atoms with E-state index in [-0.39, 0.29) is 11.7 Å². The molecule has 0 aromatic heterocycles. The van der Waals surface area contributed by atoms with Crippen LogP contribution in [0.15, 0.2) is 24.3 Å². The Bertz CT molecular complexity index is 645. The minimum Gasteiger partial charge on any atom is -0.325 e. The molecule has 1 rings (SSSR count). The van der Waals surface area contributed by atoms with Gasteiger partial charge >= 0.3 is 0 Å². The summed E-state index contributed by atoms with van der Waals surface area (Å²) in [6.07, 6.45) is 0.532. The van der Waals surface area contributed by atoms with Crippen molar-refractivity contribution in [1.29, 1.82) is 5.26 Å². The first-order valence-corrected chi connectivity index (χ1v) is 8.50. The van der Waals surface area contributed by atoms with Crippen LogP contribution in [0.2, 0.25) is 0 Å². The number of nitriles is 1. The highest BCUT2D eigenvalue weighted by atomic mass is 32.2. The molecule has 1 N–H and O–H groups in total. The van der Waals surface area contributed by atoms with Crippen molar-refractivity contribution in [2.45, 2.75) is 32.4 Å². The van der Waals surface area contributed by atoms with E-state index in [1.54, 1.807) is 18.2 Å². The molecular formula is C15H20N2O3S. The van der Waals surface area contributed by atoms with Gasteiger partial charge in [-0.2, -0.15) is 5.26 Å². The molecule has 0 saturated heterocycles. The number of nitrogens with zero attached hydrogens (tertiary/aromatic N) is 1. The van der Waals surface area contributed by atoms with Crippen LogP contribution in [-0.4, -0.2) is 25.3 Å². The molecule has 1 amide bonds. The maximum atomic E-state index is 12.1. The van der Waals surface area contributed by atoms with Crippen molar-refractivity contribution >= 4 is 21.4 Å². The molecule has 0 aliphatic rings. The highest BCUT2D eigenvalue weighted by Crippen LogP contribution is 2.13. The van der Waals surface area contributed by atoms with Gasteiger partial charge in [-0.05, 0) is 37.5 Å². The minimum absolute atomic E-state index is 0.00249. The molecule has 0 aliphatic heterocycles. The fourth-order valence-electron chi connectivity index (χ4n) is 1.65. The number of rotatable bonds is 6. The number of sulfone groups is 1. The summed E-state index contributed by atoms with van der Waals surface area (Å²) in [4.78, 5) is 12.0. The van der Waals surface area contributed by atoms with Crippen LogP contribution in [0.1, 0.15) is 32.8 Å². The number of carbonyl (C=O) groups excluding carboxylic acids is 1. The van der Waals surface area contributed by atoms with E-state index in [1.165, 1.54) is 13.0 Å². The van der Waals surface area contributed by atoms with Crippen LogP contribution in [0.5, 0.6) is 0 Å². The predicted molar refractivity (Wildman–Crippen MR) is 82.5 cm³/mol. The van der Waals surface area contributed by atoms with Gasteiger partial charge in [-0.25, -0.2) is 8.42 Å². The summed E-state index contributed by atoms with van der Waals surface area (Å²) in [6, 6.07) is 8.33. The Morgan fingerprint density at radius 1 is 1.33 bits per heavy atom. The number of hydrogen-bond donors (Lipinski definition) is 1. The van der Waals surface area contributed by atoms with E-state index in [1.807, 2.05) is 19.9 Å². The lowest BCUT2D eigenvalue weighted by Crippen LogP contribution is -2.34. The fraction of sp³-hybridized carbons (Fsp3) is 0.467. The standard InChI is InChI=1S/C15H20N2O3S/c1-11(2)7-8-21(19,20)12(3)15(18)17-14-6-4-5-13(9-14)10-16/h4-6,9,11-12H,7-8H2,1-3H3,(H,17,18). The average Bonchev–Trinajstić information content (AvgIpc) is 2.44. The van der Waals surface area contributed by atoms with Gasteiger partial charge in [0.25, 0.3) is 0 Å². The zero-order valence-electron chi connectivity index (χ0n) is 12.5. The molecule has 114 valence electrons. The van der Waals surface area contributed by atoms with E-state index < -0.39 is 21.0 Å². The number of anilines is 1. The van der Waals surface area contributed by atoms with E-state index in [0.29, 0.717) is 17.7 Å². The maximum Gasteiger partial charge on any atom is 0.242 e. The van der Waals surface area contributed by atoms with E-state index >= 15 is 0 Å². The molecule has 0 bridgehead atoms. The highest BCUT2D eigenvalue weighted by Gasteiger charge is 2.27. The lowest BCUT2D eigenvalue weighted by Gasteiger charge is -2.14. The lowest BCUT2D eigenvalue weighted by atomic mass is 10.2. The summed E-state index contributed by atoms with van der Waals surface area (Å²) in [7, 11) is -3.47. The quantitative estimate of drug-likeness (QED) is 0.874. The Morgan fingerprint density at radius 3 is 2.57 bits per heavy atom. The molecule has 0 fully saturated rings. The number of amides is 1. The Balaban J connectivity index is 2.76. The second-order valence-electron chi connectivity index (χ2n) is 5.37. The van der Waals surface area contributed by atoms with Gasteiger partial charge in [0, 0.05) is 5.69 Å². The normalized spacial score (nSPS) is 12.7. The van der Waals surface area contributed by atoms with E-state index in [9.17, 15) is 13.2 Å². The van der Waals surface area contributed by atoms with Crippen LogP contribution in [0.3, 0.4) is 0 Å². The molecule has 1 aromatic carbocycles. The maximum absolute atomic E-state index is 12.1. The second kappa shape index (κ2) is 7.23. The van der Waals surface area contributed by atoms with Gasteiger partial charge in [-0.15, -0.1) is 0 Å². The first kappa shape index (κ1) is 17.2. The van der Waals surface area contributed by atoms with Crippen molar-refractivity contribution in [3.63, 3.8) is 0 Å². The Morgan fingerprint density at radius 2 is 2.00 bits per heavy atom. The van der Waals surface area contributed by atoms with E-state index in [2.05, 4.69) is 5.32 Å². The molecule has 0 aliphatic carbocycles. The van der Waals surface area contributed by atoms with Gasteiger partial charge in [0.1, 0.15) is 5.25 Å². The van der Waals surface area contributed by atoms with Gasteiger partial charge < -0.3 is 5.32 Å². The summed E-state index contributed by atoms with van der Waals surface area (Å²) in [5.41, 5.74) is 0.827. The van der Waals surface area contributed by atoms with Crippen LogP contribution in [-0.2, 0) is 14.6 Å². The first-order valence-electron chi connectivity index (χ1n) is 6.79. The molecule has 5 nitrogen and oxygen atoms in total. The summed E-state index contributed by atoms with van der Waals surface area (Å²) < 4.78 is 24.2. The molecule has 1 aromatic rings. The molecule has 1 atom stereocenters. The Labute approximate surface area is 125 Å². The van der Waals surface area contributed by atoms with Gasteiger partial charge in [0.2, 0.25) is 5.91 Å². The topological polar surface area (TPSA) is 87.0 Å². The molecule has 0 heterocycles. The zero-order chi connectivity index (χ0) is 16.0. The van der Waals surface area contributed by atoms with E-state index in [0.717, 1.165) is 0 Å². The number of hydrogen-bond acceptors (Lipinski definition) is 4. The van der Waals surface area contributed by atoms with Gasteiger partial charge in [0.15, 0.2) is 9.84 Å². The third-order valence-corrected chi connectivity index (χ3v) is 5.24. The monoisotopic (exact) mass is 308 g/mol. The first-order chi connectivity index (χ1) is 9.76. The summed E-state index contributed by atoms with van der Waals surface area (Å²) in [6.45, 7) is 5.26. The largest absolute Gasteiger partial charge is 0.325 e. The third-order valence-electron chi connectivity index (χ3n) is 3.15. The summed E-state index contributed by atoms with van der Waals surface area (Å²) in [5.74, 6) is -0.312. The minimum atomic E-state index is -3.47. The van der Waals surface area contributed by atoms with Crippen molar-refractivity contribution in [2.75, 3.05) is 11.1 Å². The second-order valence-corrected chi connectivity index (χ2v) is 7.81. The van der Waals surface area contributed by atoms with Crippen LogP contribution in [0.4, 0.5) is 5.69 Å². The van der Waals surface area contributed by atoms with Crippen molar-refractivity contribution in [3.05, 3.63) is 29.8 Å². The van der Waals surface area contributed by atoms with Crippen molar-refractivity contribution in [1.82, 2.24) is 0 Å². The molecule has 0 radical (unpaired) electrons. The van der Waals surface area contributed by atoms with E-state index in [4.69, 9.17) is 5.26 Å². The van der Waals surface area contributed by atoms with Gasteiger partial charge in [0.05, 0.1) is 17.4 Å². The third kappa shape index (κ3) is 5.20. The van der Waals surface area contributed by atoms with Crippen molar-refractivity contribution in [3.8, 4) is 6.07 Å². The molecule has 0 saturated carbocycles. The average molecular weight is 308 g/mol. The van der Waals surface area contributed by atoms with Crippen LogP contribution in [0, 0.1) is 17.2 Å². The predicted octanol–water partition coefficient (Wildman–Crippen LogP) is 2.35. The number of nitrogens with one attached hydrogen (secondary N) is 1. The summed E-state index contributed by atoms with van der Waals surface area (Å²) >= 11 is 0. The van der Waals surface area contributed by atoms with Crippen LogP contribution < -0.4 is 5.32 Å². The van der Waals surface area contributed by atoms with Gasteiger partial charge in [-0.1, -0.05) is 19.9 Å². The lowest BCUT2D eigenvalue weighted by molar-refractivity contribution is -0.115. The summed E-state index contributed by atoms with van der Waals surface area (Å²) in [5, 5.41) is 10.2. The molecule has 21 heavy (non-hydrogen) atoms. The van der Waals surface area contributed by atoms with Gasteiger partial charge in [-0.3, -0.25) is 4.79 Å². The molecular weight excluding hydrogens is 288 g/mol. The van der Waals surface area contributed by atoms with Crippen LogP contribution in [0.25, 0.3) is 0 Å². The Hall–Kier alpha value is -1.87. The molecule has 6 heteroatoms. The number of carbonyl (C=O) groups is 1. The molecule has 1 unspecified atom stereocenters. The SMILES string of the molecule is CC(C)CCS(=O)(=O)C(C)C(=O)Nc1cccc(C#N)c1. The molecule has 0 spiro atoms. The van der Waals surface area contributed by atoms with Crippen molar-refractivity contribution in [2.24, 2.45) is 5.92 Å².